The molecule has 1 atom stereocenters. The fourth-order valence-corrected chi connectivity index (χ4v) is 5.09. The Balaban J connectivity index is 1.39. The minimum absolute atomic E-state index is 0.0292. The topological polar surface area (TPSA) is 250 Å². The third-order valence-corrected chi connectivity index (χ3v) is 7.74. The number of carbonyl (C=O) groups excluding carboxylic acids is 5. The molecule has 4 rings (SSSR count). The number of nitrogens with one attached hydrogen (secondary N) is 4. The van der Waals surface area contributed by atoms with Crippen molar-refractivity contribution in [2.24, 2.45) is 5.73 Å². The number of anilines is 3. The number of hydrogen-bond acceptors (Lipinski definition) is 10. The minimum atomic E-state index is -1.38. The minimum Gasteiger partial charge on any atom is -0.504 e. The van der Waals surface area contributed by atoms with E-state index in [1.54, 1.807) is 13.8 Å². The average molecular weight is 699 g/mol. The van der Waals surface area contributed by atoms with Gasteiger partial charge in [0.1, 0.15) is 22.6 Å². The molecule has 0 spiro atoms. The van der Waals surface area contributed by atoms with Crippen LogP contribution in [-0.4, -0.2) is 57.9 Å². The predicted molar refractivity (Wildman–Crippen MR) is 182 cm³/mol. The summed E-state index contributed by atoms with van der Waals surface area (Å²) in [7, 11) is 0. The number of rotatable bonds is 13. The summed E-state index contributed by atoms with van der Waals surface area (Å²) in [6.07, 6.45) is -0.976. The fourth-order valence-electron chi connectivity index (χ4n) is 4.40. The van der Waals surface area contributed by atoms with E-state index in [1.807, 2.05) is 6.07 Å². The van der Waals surface area contributed by atoms with Gasteiger partial charge in [-0.3, -0.25) is 24.0 Å². The summed E-state index contributed by atoms with van der Waals surface area (Å²) in [5, 5.41) is 38.9. The van der Waals surface area contributed by atoms with E-state index < -0.39 is 65.4 Å². The number of phenols is 1. The van der Waals surface area contributed by atoms with Crippen molar-refractivity contribution in [3.05, 3.63) is 99.2 Å². The zero-order chi connectivity index (χ0) is 36.5. The van der Waals surface area contributed by atoms with Gasteiger partial charge in [0.05, 0.1) is 23.1 Å². The molecule has 15 nitrogen and oxygen atoms in total. The van der Waals surface area contributed by atoms with Crippen molar-refractivity contribution in [3.8, 4) is 17.6 Å². The number of aromatic hydroxyl groups is 1. The van der Waals surface area contributed by atoms with Crippen LogP contribution in [0.1, 0.15) is 65.9 Å². The molecule has 0 fully saturated rings. The standard InChI is InChI=1S/C34H30N6O9S/c1-17(2)49-29-24(13-12-23(28(29)42)34(47)48)39-30(43)18-3-7-20(8-4-18)37-32(45)25(15-27(36)41)40-31(44)19-5-9-21(10-6-19)38-33(46)26-14-11-22(16-35)50-26/h3-14,17,25,42H,15H2,1-2H3,(H2,36,41)(H,37,45)(H,38,46)(H,39,43)(H,40,44)(H,47,48). The molecule has 1 heterocycles. The maximum atomic E-state index is 13.1. The third-order valence-electron chi connectivity index (χ3n) is 6.75. The van der Waals surface area contributed by atoms with Crippen LogP contribution in [0.15, 0.2) is 72.8 Å². The molecule has 4 aromatic rings. The first kappa shape index (κ1) is 36.1. The Morgan fingerprint density at radius 3 is 1.96 bits per heavy atom. The molecule has 1 aromatic heterocycles. The van der Waals surface area contributed by atoms with E-state index in [0.717, 1.165) is 17.4 Å². The number of benzene rings is 3. The van der Waals surface area contributed by atoms with E-state index in [1.165, 1.54) is 66.7 Å². The normalized spacial score (nSPS) is 11.1. The summed E-state index contributed by atoms with van der Waals surface area (Å²) in [6.45, 7) is 3.32. The highest BCUT2D eigenvalue weighted by Crippen LogP contribution is 2.38. The number of hydrogen-bond donors (Lipinski definition) is 7. The van der Waals surface area contributed by atoms with Gasteiger partial charge < -0.3 is 42.0 Å². The quantitative estimate of drug-likeness (QED) is 0.106. The number of aromatic carboxylic acids is 1. The lowest BCUT2D eigenvalue weighted by molar-refractivity contribution is -0.123. The molecule has 0 radical (unpaired) electrons. The lowest BCUT2D eigenvalue weighted by atomic mass is 10.1. The summed E-state index contributed by atoms with van der Waals surface area (Å²) >= 11 is 1.03. The lowest BCUT2D eigenvalue weighted by Gasteiger charge is -2.18. The number of carboxylic acid groups (broad SMARTS) is 1. The first-order chi connectivity index (χ1) is 23.7. The molecule has 0 aliphatic heterocycles. The number of primary amides is 1. The van der Waals surface area contributed by atoms with Crippen molar-refractivity contribution in [1.82, 2.24) is 5.32 Å². The summed E-state index contributed by atoms with van der Waals surface area (Å²) in [6, 6.07) is 17.4. The molecule has 256 valence electrons. The summed E-state index contributed by atoms with van der Waals surface area (Å²) in [5.41, 5.74) is 5.79. The molecular formula is C34H30N6O9S. The zero-order valence-electron chi connectivity index (χ0n) is 26.5. The van der Waals surface area contributed by atoms with Crippen LogP contribution < -0.4 is 31.7 Å². The molecule has 0 saturated carbocycles. The van der Waals surface area contributed by atoms with E-state index >= 15 is 0 Å². The maximum Gasteiger partial charge on any atom is 0.339 e. The molecule has 3 aromatic carbocycles. The molecule has 0 aliphatic carbocycles. The van der Waals surface area contributed by atoms with Crippen LogP contribution in [0, 0.1) is 11.3 Å². The number of amides is 5. The molecule has 8 N–H and O–H groups in total. The molecule has 5 amide bonds. The van der Waals surface area contributed by atoms with E-state index in [2.05, 4.69) is 21.3 Å². The van der Waals surface area contributed by atoms with Crippen LogP contribution in [-0.2, 0) is 9.59 Å². The van der Waals surface area contributed by atoms with Gasteiger partial charge >= 0.3 is 5.97 Å². The van der Waals surface area contributed by atoms with Crippen molar-refractivity contribution in [3.63, 3.8) is 0 Å². The monoisotopic (exact) mass is 698 g/mol. The van der Waals surface area contributed by atoms with Crippen molar-refractivity contribution in [1.29, 1.82) is 5.26 Å². The Kier molecular flexibility index (Phi) is 11.5. The van der Waals surface area contributed by atoms with Gasteiger partial charge in [0, 0.05) is 22.5 Å². The van der Waals surface area contributed by atoms with Crippen molar-refractivity contribution >= 4 is 63.9 Å². The molecular weight excluding hydrogens is 668 g/mol. The number of carboxylic acids is 1. The summed E-state index contributed by atoms with van der Waals surface area (Å²) in [5.74, 6) is -5.63. The smallest absolute Gasteiger partial charge is 0.339 e. The van der Waals surface area contributed by atoms with Crippen LogP contribution in [0.3, 0.4) is 0 Å². The molecule has 16 heteroatoms. The first-order valence-electron chi connectivity index (χ1n) is 14.7. The van der Waals surface area contributed by atoms with Crippen molar-refractivity contribution in [2.75, 3.05) is 16.0 Å². The van der Waals surface area contributed by atoms with Gasteiger partial charge in [0.2, 0.25) is 11.8 Å². The van der Waals surface area contributed by atoms with Crippen LogP contribution in [0.2, 0.25) is 0 Å². The Labute approximate surface area is 288 Å². The van der Waals surface area contributed by atoms with Gasteiger partial charge in [-0.15, -0.1) is 11.3 Å². The SMILES string of the molecule is CC(C)Oc1c(NC(=O)c2ccc(NC(=O)C(CC(N)=O)NC(=O)c3ccc(NC(=O)c4ccc(C#N)s4)cc3)cc2)ccc(C(=O)O)c1O. The highest BCUT2D eigenvalue weighted by molar-refractivity contribution is 7.14. The summed E-state index contributed by atoms with van der Waals surface area (Å²) in [4.78, 5) is 75.3. The molecule has 1 unspecified atom stereocenters. The highest BCUT2D eigenvalue weighted by Gasteiger charge is 2.25. The second-order valence-corrected chi connectivity index (χ2v) is 11.9. The summed E-state index contributed by atoms with van der Waals surface area (Å²) < 4.78 is 5.55. The molecule has 50 heavy (non-hydrogen) atoms. The number of carbonyl (C=O) groups is 6. The number of thiophene rings is 1. The number of ether oxygens (including phenoxy) is 1. The predicted octanol–water partition coefficient (Wildman–Crippen LogP) is 3.93. The van der Waals surface area contributed by atoms with Gasteiger partial charge in [-0.2, -0.15) is 5.26 Å². The second kappa shape index (κ2) is 15.9. The van der Waals surface area contributed by atoms with Crippen LogP contribution in [0.25, 0.3) is 0 Å². The van der Waals surface area contributed by atoms with Gasteiger partial charge in [0.15, 0.2) is 11.5 Å². The van der Waals surface area contributed by atoms with E-state index in [9.17, 15) is 39.0 Å². The Hall–Kier alpha value is -6.73. The van der Waals surface area contributed by atoms with E-state index in [0.29, 0.717) is 15.4 Å². The van der Waals surface area contributed by atoms with Crippen molar-refractivity contribution in [2.45, 2.75) is 32.4 Å². The Morgan fingerprint density at radius 1 is 0.820 bits per heavy atom. The number of nitrogens with two attached hydrogens (primary N) is 1. The number of nitrogens with zero attached hydrogens (tertiary/aromatic N) is 1. The molecule has 0 saturated heterocycles. The average Bonchev–Trinajstić information content (AvgIpc) is 3.56. The van der Waals surface area contributed by atoms with Gasteiger partial charge in [0.25, 0.3) is 17.7 Å². The third kappa shape index (κ3) is 9.20. The number of nitriles is 1. The van der Waals surface area contributed by atoms with Crippen LogP contribution in [0.4, 0.5) is 17.1 Å². The second-order valence-electron chi connectivity index (χ2n) is 10.8. The van der Waals surface area contributed by atoms with Gasteiger partial charge in [-0.1, -0.05) is 0 Å². The van der Waals surface area contributed by atoms with Gasteiger partial charge in [-0.05, 0) is 86.6 Å². The van der Waals surface area contributed by atoms with Gasteiger partial charge in [-0.25, -0.2) is 4.79 Å². The Bertz CT molecular complexity index is 2000. The highest BCUT2D eigenvalue weighted by atomic mass is 32.1. The first-order valence-corrected chi connectivity index (χ1v) is 15.6. The van der Waals surface area contributed by atoms with E-state index in [4.69, 9.17) is 15.7 Å². The van der Waals surface area contributed by atoms with Crippen LogP contribution >= 0.6 is 11.3 Å². The largest absolute Gasteiger partial charge is 0.504 e. The lowest BCUT2D eigenvalue weighted by Crippen LogP contribution is -2.46. The zero-order valence-corrected chi connectivity index (χ0v) is 27.3. The van der Waals surface area contributed by atoms with Crippen LogP contribution in [0.5, 0.6) is 11.5 Å². The fraction of sp³-hybridized carbons (Fsp3) is 0.147. The molecule has 0 bridgehead atoms. The molecule has 0 aliphatic rings. The van der Waals surface area contributed by atoms with E-state index in [-0.39, 0.29) is 28.3 Å². The maximum absolute atomic E-state index is 13.1. The van der Waals surface area contributed by atoms with Crippen molar-refractivity contribution < 1.29 is 43.7 Å². The Morgan fingerprint density at radius 2 is 1.42 bits per heavy atom.